The second kappa shape index (κ2) is 6.99. The molecule has 1 aliphatic heterocycles. The molecule has 0 spiro atoms. The zero-order chi connectivity index (χ0) is 19.8. The van der Waals surface area contributed by atoms with Gasteiger partial charge in [-0.05, 0) is 42.8 Å². The second-order valence-corrected chi connectivity index (χ2v) is 6.75. The Kier molecular flexibility index (Phi) is 4.50. The van der Waals surface area contributed by atoms with Crippen molar-refractivity contribution >= 4 is 34.1 Å². The Morgan fingerprint density at radius 3 is 2.71 bits per heavy atom. The van der Waals surface area contributed by atoms with Crippen LogP contribution in [0.25, 0.3) is 10.9 Å². The molecule has 1 aromatic heterocycles. The van der Waals surface area contributed by atoms with E-state index in [1.54, 1.807) is 29.7 Å². The van der Waals surface area contributed by atoms with Gasteiger partial charge in [0.2, 0.25) is 5.91 Å². The molecule has 28 heavy (non-hydrogen) atoms. The molecule has 0 radical (unpaired) electrons. The van der Waals surface area contributed by atoms with Crippen LogP contribution in [-0.2, 0) is 11.8 Å². The van der Waals surface area contributed by atoms with Gasteiger partial charge in [0, 0.05) is 31.1 Å². The summed E-state index contributed by atoms with van der Waals surface area (Å²) in [6.07, 6.45) is 1.19. The predicted octanol–water partition coefficient (Wildman–Crippen LogP) is 3.71. The third kappa shape index (κ3) is 2.98. The largest absolute Gasteiger partial charge is 0.497 e. The highest BCUT2D eigenvalue weighted by Crippen LogP contribution is 2.38. The normalized spacial score (nSPS) is 14.0. The minimum Gasteiger partial charge on any atom is -0.497 e. The van der Waals surface area contributed by atoms with Crippen molar-refractivity contribution in [1.82, 2.24) is 4.57 Å². The van der Waals surface area contributed by atoms with Gasteiger partial charge < -0.3 is 19.5 Å². The van der Waals surface area contributed by atoms with Gasteiger partial charge in [0.05, 0.1) is 18.3 Å². The Morgan fingerprint density at radius 1 is 1.21 bits per heavy atom. The van der Waals surface area contributed by atoms with Crippen LogP contribution >= 0.6 is 0 Å². The van der Waals surface area contributed by atoms with Crippen molar-refractivity contribution in [2.45, 2.75) is 12.8 Å². The number of hydrogen-bond acceptors (Lipinski definition) is 3. The smallest absolute Gasteiger partial charge is 0.274 e. The molecule has 0 atom stereocenters. The molecule has 1 saturated heterocycles. The lowest BCUT2D eigenvalue weighted by Crippen LogP contribution is -2.27. The third-order valence-electron chi connectivity index (χ3n) is 5.02. The average molecular weight is 381 g/mol. The molecule has 0 unspecified atom stereocenters. The molecule has 1 fully saturated rings. The molecule has 4 rings (SSSR count). The number of fused-ring (bicyclic) bond motifs is 1. The molecule has 0 bridgehead atoms. The van der Waals surface area contributed by atoms with Crippen molar-refractivity contribution in [1.29, 1.82) is 0 Å². The molecule has 2 aromatic carbocycles. The first kappa shape index (κ1) is 18.0. The van der Waals surface area contributed by atoms with Gasteiger partial charge in [-0.2, -0.15) is 0 Å². The highest BCUT2D eigenvalue weighted by Gasteiger charge is 2.31. The standard InChI is InChI=1S/C21H20FN3O3/c1-24-17-9-8-15(28-2)12-16(17)19(25-10-4-7-18(25)26)20(24)21(27)23-14-6-3-5-13(22)11-14/h3,5-6,8-9,11-12H,4,7,10H2,1-2H3,(H,23,27). The number of ether oxygens (including phenoxy) is 1. The van der Waals surface area contributed by atoms with Crippen molar-refractivity contribution in [3.8, 4) is 5.75 Å². The number of nitrogens with zero attached hydrogens (tertiary/aromatic N) is 2. The average Bonchev–Trinajstić information content (AvgIpc) is 3.22. The quantitative estimate of drug-likeness (QED) is 0.749. The van der Waals surface area contributed by atoms with Crippen LogP contribution in [0.2, 0.25) is 0 Å². The maximum absolute atomic E-state index is 13.5. The number of nitrogens with one attached hydrogen (secondary N) is 1. The zero-order valence-corrected chi connectivity index (χ0v) is 15.7. The third-order valence-corrected chi connectivity index (χ3v) is 5.02. The Morgan fingerprint density at radius 2 is 2.04 bits per heavy atom. The summed E-state index contributed by atoms with van der Waals surface area (Å²) in [5.41, 5.74) is 2.07. The summed E-state index contributed by atoms with van der Waals surface area (Å²) >= 11 is 0. The summed E-state index contributed by atoms with van der Waals surface area (Å²) in [6, 6.07) is 11.2. The fourth-order valence-corrected chi connectivity index (χ4v) is 3.71. The molecule has 6 nitrogen and oxygen atoms in total. The Balaban J connectivity index is 1.87. The second-order valence-electron chi connectivity index (χ2n) is 6.75. The molecule has 144 valence electrons. The molecule has 2 heterocycles. The van der Waals surface area contributed by atoms with E-state index in [0.29, 0.717) is 35.8 Å². The summed E-state index contributed by atoms with van der Waals surface area (Å²) < 4.78 is 20.6. The van der Waals surface area contributed by atoms with E-state index in [9.17, 15) is 14.0 Å². The summed E-state index contributed by atoms with van der Waals surface area (Å²) in [7, 11) is 3.35. The zero-order valence-electron chi connectivity index (χ0n) is 15.7. The van der Waals surface area contributed by atoms with Crippen molar-refractivity contribution < 1.29 is 18.7 Å². The van der Waals surface area contributed by atoms with Gasteiger partial charge in [-0.25, -0.2) is 4.39 Å². The topological polar surface area (TPSA) is 63.6 Å². The number of aromatic nitrogens is 1. The van der Waals surface area contributed by atoms with Crippen LogP contribution in [0.3, 0.4) is 0 Å². The fraction of sp³-hybridized carbons (Fsp3) is 0.238. The van der Waals surface area contributed by atoms with E-state index in [2.05, 4.69) is 5.32 Å². The number of carbonyl (C=O) groups excluding carboxylic acids is 2. The van der Waals surface area contributed by atoms with Gasteiger partial charge in [0.15, 0.2) is 0 Å². The maximum atomic E-state index is 13.5. The molecule has 0 saturated carbocycles. The number of anilines is 2. The summed E-state index contributed by atoms with van der Waals surface area (Å²) in [6.45, 7) is 0.551. The summed E-state index contributed by atoms with van der Waals surface area (Å²) in [5, 5.41) is 3.50. The summed E-state index contributed by atoms with van der Waals surface area (Å²) in [4.78, 5) is 27.3. The van der Waals surface area contributed by atoms with E-state index >= 15 is 0 Å². The van der Waals surface area contributed by atoms with Gasteiger partial charge in [-0.3, -0.25) is 9.59 Å². The first-order chi connectivity index (χ1) is 13.5. The first-order valence-corrected chi connectivity index (χ1v) is 9.03. The molecule has 0 aliphatic carbocycles. The van der Waals surface area contributed by atoms with Crippen LogP contribution in [0.5, 0.6) is 5.75 Å². The molecule has 1 aliphatic rings. The molecule has 7 heteroatoms. The highest BCUT2D eigenvalue weighted by atomic mass is 19.1. The number of benzene rings is 2. The predicted molar refractivity (Wildman–Crippen MR) is 105 cm³/mol. The Bertz CT molecular complexity index is 1090. The van der Waals surface area contributed by atoms with Crippen LogP contribution in [0.4, 0.5) is 15.8 Å². The van der Waals surface area contributed by atoms with Crippen molar-refractivity contribution in [2.75, 3.05) is 23.9 Å². The lowest BCUT2D eigenvalue weighted by Gasteiger charge is -2.18. The van der Waals surface area contributed by atoms with E-state index in [4.69, 9.17) is 4.74 Å². The van der Waals surface area contributed by atoms with Gasteiger partial charge >= 0.3 is 0 Å². The minimum atomic E-state index is -0.436. The fourth-order valence-electron chi connectivity index (χ4n) is 3.71. The molecule has 1 N–H and O–H groups in total. The molecular weight excluding hydrogens is 361 g/mol. The van der Waals surface area contributed by atoms with Crippen molar-refractivity contribution in [3.63, 3.8) is 0 Å². The maximum Gasteiger partial charge on any atom is 0.274 e. The number of carbonyl (C=O) groups is 2. The van der Waals surface area contributed by atoms with Crippen LogP contribution < -0.4 is 15.0 Å². The molecular formula is C21H20FN3O3. The number of hydrogen-bond donors (Lipinski definition) is 1. The summed E-state index contributed by atoms with van der Waals surface area (Å²) in [5.74, 6) is -0.217. The van der Waals surface area contributed by atoms with Gasteiger partial charge in [-0.15, -0.1) is 0 Å². The Hall–Kier alpha value is -3.35. The number of halogens is 1. The number of amides is 2. The van der Waals surface area contributed by atoms with Gasteiger partial charge in [0.25, 0.3) is 5.91 Å². The Labute approximate surface area is 161 Å². The van der Waals surface area contributed by atoms with Gasteiger partial charge in [0.1, 0.15) is 17.3 Å². The van der Waals surface area contributed by atoms with Crippen LogP contribution in [-0.4, -0.2) is 30.0 Å². The van der Waals surface area contributed by atoms with E-state index in [1.165, 1.54) is 18.2 Å². The molecule has 2 amide bonds. The van der Waals surface area contributed by atoms with Crippen LogP contribution in [0.15, 0.2) is 42.5 Å². The number of aryl methyl sites for hydroxylation is 1. The lowest BCUT2D eigenvalue weighted by molar-refractivity contribution is -0.117. The first-order valence-electron chi connectivity index (χ1n) is 9.03. The monoisotopic (exact) mass is 381 g/mol. The van der Waals surface area contributed by atoms with Crippen LogP contribution in [0.1, 0.15) is 23.3 Å². The van der Waals surface area contributed by atoms with Crippen LogP contribution in [0, 0.1) is 5.82 Å². The van der Waals surface area contributed by atoms with E-state index < -0.39 is 11.7 Å². The molecule has 3 aromatic rings. The minimum absolute atomic E-state index is 0.0184. The SMILES string of the molecule is COc1ccc2c(c1)c(N1CCCC1=O)c(C(=O)Nc1cccc(F)c1)n2C. The van der Waals surface area contributed by atoms with E-state index in [-0.39, 0.29) is 5.91 Å². The van der Waals surface area contributed by atoms with E-state index in [0.717, 1.165) is 17.3 Å². The van der Waals surface area contributed by atoms with E-state index in [1.807, 2.05) is 18.2 Å². The lowest BCUT2D eigenvalue weighted by atomic mass is 10.2. The van der Waals surface area contributed by atoms with Crippen molar-refractivity contribution in [2.24, 2.45) is 7.05 Å². The number of methoxy groups -OCH3 is 1. The van der Waals surface area contributed by atoms with Crippen molar-refractivity contribution in [3.05, 3.63) is 54.0 Å². The highest BCUT2D eigenvalue weighted by molar-refractivity contribution is 6.17. The van der Waals surface area contributed by atoms with Gasteiger partial charge in [-0.1, -0.05) is 6.07 Å². The number of rotatable bonds is 4.